The fourth-order valence-electron chi connectivity index (χ4n) is 2.61. The number of rotatable bonds is 3. The third-order valence-electron chi connectivity index (χ3n) is 3.94. The molecule has 26 heavy (non-hydrogen) atoms. The van der Waals surface area contributed by atoms with Crippen LogP contribution in [-0.2, 0) is 0 Å². The quantitative estimate of drug-likeness (QED) is 0.591. The number of hydrogen-bond donors (Lipinski definition) is 1. The fraction of sp³-hybridized carbons (Fsp3) is 0. The molecule has 0 saturated carbocycles. The van der Waals surface area contributed by atoms with Crippen LogP contribution in [0.25, 0.3) is 22.6 Å². The maximum Gasteiger partial charge on any atom is 0.255 e. The molecule has 0 radical (unpaired) electrons. The van der Waals surface area contributed by atoms with Crippen LogP contribution in [0, 0.1) is 11.3 Å². The number of amides is 1. The number of nitriles is 1. The lowest BCUT2D eigenvalue weighted by Crippen LogP contribution is -2.11. The number of oxazole rings is 1. The molecule has 1 amide bonds. The van der Waals surface area contributed by atoms with E-state index < -0.39 is 0 Å². The molecular formula is C21H13N3O2. The molecule has 1 heterocycles. The molecule has 0 aliphatic carbocycles. The Kier molecular flexibility index (Phi) is 3.92. The lowest BCUT2D eigenvalue weighted by atomic mass is 10.1. The summed E-state index contributed by atoms with van der Waals surface area (Å²) in [7, 11) is 0. The van der Waals surface area contributed by atoms with Gasteiger partial charge in [-0.25, -0.2) is 4.98 Å². The minimum absolute atomic E-state index is 0.249. The molecule has 3 aromatic carbocycles. The highest BCUT2D eigenvalue weighted by molar-refractivity contribution is 6.05. The van der Waals surface area contributed by atoms with E-state index in [0.29, 0.717) is 33.8 Å². The van der Waals surface area contributed by atoms with Gasteiger partial charge >= 0.3 is 0 Å². The number of carbonyl (C=O) groups excluding carboxylic acids is 1. The maximum absolute atomic E-state index is 12.3. The Morgan fingerprint density at radius 3 is 2.50 bits per heavy atom. The molecule has 5 nitrogen and oxygen atoms in total. The van der Waals surface area contributed by atoms with Gasteiger partial charge in [0.25, 0.3) is 5.91 Å². The van der Waals surface area contributed by atoms with Crippen molar-refractivity contribution in [2.45, 2.75) is 0 Å². The van der Waals surface area contributed by atoms with Crippen LogP contribution >= 0.6 is 0 Å². The lowest BCUT2D eigenvalue weighted by molar-refractivity contribution is 0.102. The third-order valence-corrected chi connectivity index (χ3v) is 3.94. The zero-order chi connectivity index (χ0) is 17.9. The largest absolute Gasteiger partial charge is 0.436 e. The summed E-state index contributed by atoms with van der Waals surface area (Å²) in [6.45, 7) is 0. The average Bonchev–Trinajstić information content (AvgIpc) is 3.12. The number of nitrogens with one attached hydrogen (secondary N) is 1. The monoisotopic (exact) mass is 339 g/mol. The summed E-state index contributed by atoms with van der Waals surface area (Å²) in [6.07, 6.45) is 0. The smallest absolute Gasteiger partial charge is 0.255 e. The van der Waals surface area contributed by atoms with Crippen LogP contribution in [0.15, 0.2) is 77.2 Å². The molecule has 0 atom stereocenters. The number of hydrogen-bond acceptors (Lipinski definition) is 4. The van der Waals surface area contributed by atoms with E-state index in [2.05, 4.69) is 10.3 Å². The van der Waals surface area contributed by atoms with Gasteiger partial charge < -0.3 is 9.73 Å². The summed E-state index contributed by atoms with van der Waals surface area (Å²) in [4.78, 5) is 16.8. The van der Waals surface area contributed by atoms with Crippen LogP contribution in [0.5, 0.6) is 0 Å². The zero-order valence-corrected chi connectivity index (χ0v) is 13.6. The van der Waals surface area contributed by atoms with Crippen LogP contribution in [0.1, 0.15) is 15.9 Å². The van der Waals surface area contributed by atoms with Gasteiger partial charge in [-0.15, -0.1) is 0 Å². The molecule has 5 heteroatoms. The molecule has 0 unspecified atom stereocenters. The van der Waals surface area contributed by atoms with Crippen molar-refractivity contribution in [2.75, 3.05) is 5.32 Å². The van der Waals surface area contributed by atoms with Crippen molar-refractivity contribution in [2.24, 2.45) is 0 Å². The first-order chi connectivity index (χ1) is 12.7. The normalized spacial score (nSPS) is 10.4. The summed E-state index contributed by atoms with van der Waals surface area (Å²) in [5.74, 6) is 0.289. The van der Waals surface area contributed by atoms with E-state index >= 15 is 0 Å². The Labute approximate surface area is 149 Å². The van der Waals surface area contributed by atoms with Gasteiger partial charge in [0.15, 0.2) is 5.58 Å². The second-order valence-corrected chi connectivity index (χ2v) is 5.71. The van der Waals surface area contributed by atoms with E-state index in [0.717, 1.165) is 5.56 Å². The van der Waals surface area contributed by atoms with Gasteiger partial charge in [-0.05, 0) is 54.6 Å². The Bertz CT molecular complexity index is 1120. The molecule has 124 valence electrons. The standard InChI is InChI=1S/C21H13N3O2/c22-13-14-6-8-15(9-7-14)20(25)23-17-10-11-19-18(12-17)24-21(26-19)16-4-2-1-3-5-16/h1-12H,(H,23,25). The van der Waals surface area contributed by atoms with E-state index in [4.69, 9.17) is 9.68 Å². The van der Waals surface area contributed by atoms with Crippen molar-refractivity contribution < 1.29 is 9.21 Å². The Hall–Kier alpha value is -3.91. The van der Waals surface area contributed by atoms with Crippen molar-refractivity contribution in [1.29, 1.82) is 5.26 Å². The van der Waals surface area contributed by atoms with Gasteiger partial charge in [0.2, 0.25) is 5.89 Å². The highest BCUT2D eigenvalue weighted by Gasteiger charge is 2.10. The molecule has 0 fully saturated rings. The van der Waals surface area contributed by atoms with Crippen molar-refractivity contribution in [3.05, 3.63) is 83.9 Å². The zero-order valence-electron chi connectivity index (χ0n) is 13.6. The number of carbonyl (C=O) groups is 1. The predicted molar refractivity (Wildman–Crippen MR) is 98.6 cm³/mol. The van der Waals surface area contributed by atoms with Crippen LogP contribution in [0.3, 0.4) is 0 Å². The number of fused-ring (bicyclic) bond motifs is 1. The van der Waals surface area contributed by atoms with E-state index in [1.165, 1.54) is 0 Å². The van der Waals surface area contributed by atoms with Crippen LogP contribution in [-0.4, -0.2) is 10.9 Å². The fourth-order valence-corrected chi connectivity index (χ4v) is 2.61. The summed E-state index contributed by atoms with van der Waals surface area (Å²) in [5, 5.41) is 11.7. The summed E-state index contributed by atoms with van der Waals surface area (Å²) in [6, 6.07) is 23.5. The van der Waals surface area contributed by atoms with Crippen LogP contribution < -0.4 is 5.32 Å². The molecule has 4 rings (SSSR count). The van der Waals surface area contributed by atoms with E-state index in [9.17, 15) is 4.79 Å². The molecule has 0 saturated heterocycles. The predicted octanol–water partition coefficient (Wildman–Crippen LogP) is 4.62. The van der Waals surface area contributed by atoms with Gasteiger partial charge in [0.1, 0.15) is 5.52 Å². The highest BCUT2D eigenvalue weighted by Crippen LogP contribution is 2.26. The second-order valence-electron chi connectivity index (χ2n) is 5.71. The van der Waals surface area contributed by atoms with Crippen LogP contribution in [0.2, 0.25) is 0 Å². The van der Waals surface area contributed by atoms with Crippen LogP contribution in [0.4, 0.5) is 5.69 Å². The number of benzene rings is 3. The van der Waals surface area contributed by atoms with Crippen molar-refractivity contribution in [3.63, 3.8) is 0 Å². The third kappa shape index (κ3) is 3.04. The molecule has 0 aliphatic rings. The molecule has 0 aliphatic heterocycles. The first kappa shape index (κ1) is 15.6. The molecule has 1 N–H and O–H groups in total. The summed E-state index contributed by atoms with van der Waals surface area (Å²) >= 11 is 0. The van der Waals surface area contributed by atoms with Gasteiger partial charge in [0.05, 0.1) is 11.6 Å². The topological polar surface area (TPSA) is 78.9 Å². The first-order valence-corrected chi connectivity index (χ1v) is 8.00. The van der Waals surface area contributed by atoms with Crippen molar-refractivity contribution >= 4 is 22.7 Å². The molecular weight excluding hydrogens is 326 g/mol. The first-order valence-electron chi connectivity index (χ1n) is 8.00. The van der Waals surface area contributed by atoms with Crippen molar-refractivity contribution in [1.82, 2.24) is 4.98 Å². The minimum Gasteiger partial charge on any atom is -0.436 e. The Morgan fingerprint density at radius 1 is 1.00 bits per heavy atom. The number of anilines is 1. The minimum atomic E-state index is -0.249. The molecule has 0 spiro atoms. The van der Waals surface area contributed by atoms with Gasteiger partial charge in [0, 0.05) is 16.8 Å². The molecule has 0 bridgehead atoms. The summed E-state index contributed by atoms with van der Waals surface area (Å²) in [5.41, 5.74) is 3.83. The van der Waals surface area contributed by atoms with E-state index in [1.807, 2.05) is 36.4 Å². The number of nitrogens with zero attached hydrogens (tertiary/aromatic N) is 2. The van der Waals surface area contributed by atoms with E-state index in [-0.39, 0.29) is 5.91 Å². The van der Waals surface area contributed by atoms with Gasteiger partial charge in [-0.1, -0.05) is 18.2 Å². The Morgan fingerprint density at radius 2 is 1.77 bits per heavy atom. The molecule has 4 aromatic rings. The SMILES string of the molecule is N#Cc1ccc(C(=O)Nc2ccc3oc(-c4ccccc4)nc3c2)cc1. The van der Waals surface area contributed by atoms with Gasteiger partial charge in [-0.2, -0.15) is 5.26 Å². The molecule has 1 aromatic heterocycles. The maximum atomic E-state index is 12.3. The second kappa shape index (κ2) is 6.54. The highest BCUT2D eigenvalue weighted by atomic mass is 16.3. The van der Waals surface area contributed by atoms with Gasteiger partial charge in [-0.3, -0.25) is 4.79 Å². The lowest BCUT2D eigenvalue weighted by Gasteiger charge is -2.04. The van der Waals surface area contributed by atoms with Crippen molar-refractivity contribution in [3.8, 4) is 17.5 Å². The number of aromatic nitrogens is 1. The average molecular weight is 339 g/mol. The van der Waals surface area contributed by atoms with E-state index in [1.54, 1.807) is 42.5 Å². The Balaban J connectivity index is 1.59. The summed E-state index contributed by atoms with van der Waals surface area (Å²) < 4.78 is 5.77.